The summed E-state index contributed by atoms with van der Waals surface area (Å²) in [5.74, 6) is 1.50. The molecule has 0 amide bonds. The van der Waals surface area contributed by atoms with Gasteiger partial charge in [-0.1, -0.05) is 0 Å². The molecule has 0 spiro atoms. The Morgan fingerprint density at radius 2 is 2.16 bits per heavy atom. The van der Waals surface area contributed by atoms with Gasteiger partial charge in [0, 0.05) is 37.1 Å². The lowest BCUT2D eigenvalue weighted by Crippen LogP contribution is -2.00. The fourth-order valence-electron chi connectivity index (χ4n) is 1.82. The second-order valence-electron chi connectivity index (χ2n) is 4.17. The third-order valence-corrected chi connectivity index (χ3v) is 2.72. The number of benzene rings is 1. The Bertz CT molecular complexity index is 537. The molecule has 0 bridgehead atoms. The van der Waals surface area contributed by atoms with E-state index in [1.807, 2.05) is 44.6 Å². The molecular formula is C14H19N3O2. The number of methoxy groups -OCH3 is 1. The molecule has 0 fully saturated rings. The van der Waals surface area contributed by atoms with Crippen molar-refractivity contribution in [2.45, 2.75) is 13.5 Å². The van der Waals surface area contributed by atoms with Crippen molar-refractivity contribution in [3.8, 4) is 11.5 Å². The van der Waals surface area contributed by atoms with Crippen molar-refractivity contribution in [1.82, 2.24) is 9.78 Å². The van der Waals surface area contributed by atoms with Crippen LogP contribution in [-0.4, -0.2) is 23.5 Å². The first-order chi connectivity index (χ1) is 9.22. The molecule has 0 atom stereocenters. The summed E-state index contributed by atoms with van der Waals surface area (Å²) in [5, 5.41) is 7.47. The van der Waals surface area contributed by atoms with Crippen molar-refractivity contribution in [2.75, 3.05) is 19.0 Å². The number of nitrogens with one attached hydrogen (secondary N) is 1. The zero-order chi connectivity index (χ0) is 13.7. The van der Waals surface area contributed by atoms with Gasteiger partial charge < -0.3 is 14.8 Å². The maximum Gasteiger partial charge on any atom is 0.163 e. The lowest BCUT2D eigenvalue weighted by Gasteiger charge is -2.12. The van der Waals surface area contributed by atoms with Crippen LogP contribution in [0, 0.1) is 0 Å². The van der Waals surface area contributed by atoms with Gasteiger partial charge in [-0.05, 0) is 19.1 Å². The predicted molar refractivity (Wildman–Crippen MR) is 74.7 cm³/mol. The van der Waals surface area contributed by atoms with E-state index in [2.05, 4.69) is 10.4 Å². The van der Waals surface area contributed by atoms with E-state index < -0.39 is 0 Å². The number of hydrogen-bond acceptors (Lipinski definition) is 4. The highest BCUT2D eigenvalue weighted by atomic mass is 16.5. The topological polar surface area (TPSA) is 48.3 Å². The molecule has 1 aromatic carbocycles. The second kappa shape index (κ2) is 6.13. The quantitative estimate of drug-likeness (QED) is 0.867. The Morgan fingerprint density at radius 1 is 1.32 bits per heavy atom. The van der Waals surface area contributed by atoms with Gasteiger partial charge in [0.25, 0.3) is 0 Å². The first-order valence-corrected chi connectivity index (χ1v) is 6.25. The molecule has 5 heteroatoms. The summed E-state index contributed by atoms with van der Waals surface area (Å²) in [4.78, 5) is 0. The molecule has 1 heterocycles. The third kappa shape index (κ3) is 3.40. The van der Waals surface area contributed by atoms with Crippen LogP contribution in [0.4, 0.5) is 5.69 Å². The fraction of sp³-hybridized carbons (Fsp3) is 0.357. The first kappa shape index (κ1) is 13.3. The molecule has 19 heavy (non-hydrogen) atoms. The molecule has 2 rings (SSSR count). The van der Waals surface area contributed by atoms with Crippen molar-refractivity contribution in [3.05, 3.63) is 36.2 Å². The van der Waals surface area contributed by atoms with Gasteiger partial charge in [-0.3, -0.25) is 4.68 Å². The van der Waals surface area contributed by atoms with Crippen LogP contribution in [0.15, 0.2) is 30.6 Å². The number of aryl methyl sites for hydroxylation is 1. The molecular weight excluding hydrogens is 242 g/mol. The van der Waals surface area contributed by atoms with Gasteiger partial charge in [-0.25, -0.2) is 0 Å². The lowest BCUT2D eigenvalue weighted by molar-refractivity contribution is 0.311. The van der Waals surface area contributed by atoms with Crippen molar-refractivity contribution in [1.29, 1.82) is 0 Å². The molecule has 0 aliphatic carbocycles. The van der Waals surface area contributed by atoms with Crippen LogP contribution in [0.3, 0.4) is 0 Å². The Labute approximate surface area is 113 Å². The summed E-state index contributed by atoms with van der Waals surface area (Å²) < 4.78 is 12.6. The van der Waals surface area contributed by atoms with Gasteiger partial charge in [-0.15, -0.1) is 0 Å². The molecule has 0 aliphatic heterocycles. The van der Waals surface area contributed by atoms with E-state index >= 15 is 0 Å². The van der Waals surface area contributed by atoms with Crippen LogP contribution in [0.5, 0.6) is 11.5 Å². The molecule has 102 valence electrons. The molecule has 1 N–H and O–H groups in total. The average molecular weight is 261 g/mol. The number of rotatable bonds is 6. The number of hydrogen-bond donors (Lipinski definition) is 1. The van der Waals surface area contributed by atoms with Gasteiger partial charge in [0.1, 0.15) is 0 Å². The van der Waals surface area contributed by atoms with Gasteiger partial charge >= 0.3 is 0 Å². The molecule has 0 unspecified atom stereocenters. The Hall–Kier alpha value is -2.17. The summed E-state index contributed by atoms with van der Waals surface area (Å²) in [6.45, 7) is 3.29. The minimum Gasteiger partial charge on any atom is -0.493 e. The molecule has 1 aromatic heterocycles. The number of aromatic nitrogens is 2. The zero-order valence-electron chi connectivity index (χ0n) is 11.5. The number of ether oxygens (including phenoxy) is 2. The van der Waals surface area contributed by atoms with Crippen LogP contribution in [0.2, 0.25) is 0 Å². The van der Waals surface area contributed by atoms with Crippen LogP contribution in [0.1, 0.15) is 12.5 Å². The number of nitrogens with zero attached hydrogens (tertiary/aromatic N) is 2. The van der Waals surface area contributed by atoms with Gasteiger partial charge in [-0.2, -0.15) is 5.10 Å². The molecule has 5 nitrogen and oxygen atoms in total. The highest BCUT2D eigenvalue weighted by Gasteiger charge is 2.05. The Morgan fingerprint density at radius 3 is 2.79 bits per heavy atom. The highest BCUT2D eigenvalue weighted by Crippen LogP contribution is 2.30. The molecule has 0 saturated heterocycles. The van der Waals surface area contributed by atoms with E-state index in [0.717, 1.165) is 29.3 Å². The van der Waals surface area contributed by atoms with E-state index in [1.165, 1.54) is 0 Å². The van der Waals surface area contributed by atoms with Gasteiger partial charge in [0.05, 0.1) is 19.9 Å². The number of anilines is 1. The molecule has 0 radical (unpaired) electrons. The molecule has 0 saturated carbocycles. The minimum atomic E-state index is 0.614. The SMILES string of the molecule is CCOc1cc(NCc2cnn(C)c2)ccc1OC. The second-order valence-corrected chi connectivity index (χ2v) is 4.17. The van der Waals surface area contributed by atoms with Gasteiger partial charge in [0.15, 0.2) is 11.5 Å². The maximum atomic E-state index is 5.54. The van der Waals surface area contributed by atoms with E-state index in [1.54, 1.807) is 11.8 Å². The van der Waals surface area contributed by atoms with Crippen molar-refractivity contribution in [2.24, 2.45) is 7.05 Å². The van der Waals surface area contributed by atoms with Crippen molar-refractivity contribution >= 4 is 5.69 Å². The largest absolute Gasteiger partial charge is 0.493 e. The summed E-state index contributed by atoms with van der Waals surface area (Å²) in [6, 6.07) is 5.81. The van der Waals surface area contributed by atoms with Crippen LogP contribution < -0.4 is 14.8 Å². The zero-order valence-corrected chi connectivity index (χ0v) is 11.5. The fourth-order valence-corrected chi connectivity index (χ4v) is 1.82. The summed E-state index contributed by atoms with van der Waals surface area (Å²) >= 11 is 0. The van der Waals surface area contributed by atoms with E-state index in [4.69, 9.17) is 9.47 Å². The van der Waals surface area contributed by atoms with E-state index in [9.17, 15) is 0 Å². The van der Waals surface area contributed by atoms with Crippen molar-refractivity contribution in [3.63, 3.8) is 0 Å². The standard InChI is InChI=1S/C14H19N3O2/c1-4-19-14-7-12(5-6-13(14)18-3)15-8-11-9-16-17(2)10-11/h5-7,9-10,15H,4,8H2,1-3H3. The summed E-state index contributed by atoms with van der Waals surface area (Å²) in [6.07, 6.45) is 3.83. The monoisotopic (exact) mass is 261 g/mol. The normalized spacial score (nSPS) is 10.3. The lowest BCUT2D eigenvalue weighted by atomic mass is 10.2. The Balaban J connectivity index is 2.05. The average Bonchev–Trinajstić information content (AvgIpc) is 2.83. The first-order valence-electron chi connectivity index (χ1n) is 6.25. The van der Waals surface area contributed by atoms with Crippen molar-refractivity contribution < 1.29 is 9.47 Å². The van der Waals surface area contributed by atoms with E-state index in [0.29, 0.717) is 6.61 Å². The molecule has 2 aromatic rings. The smallest absolute Gasteiger partial charge is 0.163 e. The van der Waals surface area contributed by atoms with Crippen LogP contribution in [0.25, 0.3) is 0 Å². The molecule has 0 aliphatic rings. The summed E-state index contributed by atoms with van der Waals surface area (Å²) in [5.41, 5.74) is 2.13. The predicted octanol–water partition coefficient (Wildman–Crippen LogP) is 2.44. The third-order valence-electron chi connectivity index (χ3n) is 2.72. The van der Waals surface area contributed by atoms with Gasteiger partial charge in [0.2, 0.25) is 0 Å². The van der Waals surface area contributed by atoms with E-state index in [-0.39, 0.29) is 0 Å². The minimum absolute atomic E-state index is 0.614. The Kier molecular flexibility index (Phi) is 4.28. The van der Waals surface area contributed by atoms with Crippen LogP contribution >= 0.6 is 0 Å². The highest BCUT2D eigenvalue weighted by molar-refractivity contribution is 5.54. The maximum absolute atomic E-state index is 5.54. The van der Waals surface area contributed by atoms with Crippen LogP contribution in [-0.2, 0) is 13.6 Å². The summed E-state index contributed by atoms with van der Waals surface area (Å²) in [7, 11) is 3.55.